The lowest BCUT2D eigenvalue weighted by molar-refractivity contribution is -0.122. The molecule has 4 rings (SSSR count). The van der Waals surface area contributed by atoms with Gasteiger partial charge in [-0.3, -0.25) is 9.59 Å². The van der Waals surface area contributed by atoms with Crippen molar-refractivity contribution in [2.45, 2.75) is 18.6 Å². The van der Waals surface area contributed by atoms with Gasteiger partial charge in [0, 0.05) is 26.1 Å². The van der Waals surface area contributed by atoms with E-state index in [1.165, 1.54) is 17.2 Å². The second-order valence-corrected chi connectivity index (χ2v) is 6.28. The van der Waals surface area contributed by atoms with Gasteiger partial charge in [0.25, 0.3) is 5.91 Å². The second kappa shape index (κ2) is 6.80. The summed E-state index contributed by atoms with van der Waals surface area (Å²) < 4.78 is 16.2. The van der Waals surface area contributed by atoms with Gasteiger partial charge < -0.3 is 23.8 Å². The van der Waals surface area contributed by atoms with E-state index in [1.54, 1.807) is 12.0 Å². The van der Waals surface area contributed by atoms with Crippen LogP contribution in [0.5, 0.6) is 5.75 Å². The number of likely N-dealkylation sites (tertiary alicyclic amines) is 1. The Morgan fingerprint density at radius 2 is 2.19 bits per heavy atom. The Kier molecular flexibility index (Phi) is 4.34. The molecule has 2 atom stereocenters. The van der Waals surface area contributed by atoms with Gasteiger partial charge in [-0.25, -0.2) is 0 Å². The van der Waals surface area contributed by atoms with Crippen LogP contribution in [-0.4, -0.2) is 60.8 Å². The first-order chi connectivity index (χ1) is 12.7. The zero-order chi connectivity index (χ0) is 18.1. The van der Waals surface area contributed by atoms with Crippen molar-refractivity contribution in [1.29, 1.82) is 0 Å². The highest BCUT2D eigenvalue weighted by Gasteiger charge is 2.45. The molecule has 136 valence electrons. The number of rotatable bonds is 4. The van der Waals surface area contributed by atoms with Gasteiger partial charge in [-0.2, -0.15) is 0 Å². The van der Waals surface area contributed by atoms with Gasteiger partial charge in [0.1, 0.15) is 17.9 Å². The predicted octanol–water partition coefficient (Wildman–Crippen LogP) is 1.33. The standard InChI is InChI=1S/C18H19N3O5/c1-24-9-8-20-13-4-2-3-5-15(13)25-12-10-14(17(20)22)21(11-12)18(23)16-6-7-19-26-16/h2-7,12,14H,8-11H2,1H3. The number of aromatic nitrogens is 1. The van der Waals surface area contributed by atoms with Crippen molar-refractivity contribution in [3.05, 3.63) is 42.3 Å². The molecule has 2 aromatic rings. The SMILES string of the molecule is COCCN1C(=O)C2CC(CN2C(=O)c2ccno2)Oc2ccccc21. The monoisotopic (exact) mass is 357 g/mol. The first-order valence-corrected chi connectivity index (χ1v) is 8.46. The Balaban J connectivity index is 1.69. The van der Waals surface area contributed by atoms with E-state index in [4.69, 9.17) is 14.0 Å². The fourth-order valence-electron chi connectivity index (χ4n) is 3.48. The maximum absolute atomic E-state index is 13.3. The Morgan fingerprint density at radius 1 is 1.35 bits per heavy atom. The summed E-state index contributed by atoms with van der Waals surface area (Å²) in [7, 11) is 1.59. The zero-order valence-electron chi connectivity index (χ0n) is 14.3. The van der Waals surface area contributed by atoms with Crippen molar-refractivity contribution in [3.8, 4) is 5.75 Å². The minimum atomic E-state index is -0.609. The lowest BCUT2D eigenvalue weighted by Gasteiger charge is -2.31. The average molecular weight is 357 g/mol. The molecule has 0 N–H and O–H groups in total. The minimum Gasteiger partial charge on any atom is -0.486 e. The van der Waals surface area contributed by atoms with E-state index in [1.807, 2.05) is 24.3 Å². The summed E-state index contributed by atoms with van der Waals surface area (Å²) in [6.45, 7) is 1.08. The number of para-hydroxylation sites is 2. The molecule has 1 saturated heterocycles. The van der Waals surface area contributed by atoms with Crippen LogP contribution in [0.25, 0.3) is 0 Å². The van der Waals surface area contributed by atoms with Crippen molar-refractivity contribution in [2.24, 2.45) is 0 Å². The number of methoxy groups -OCH3 is 1. The average Bonchev–Trinajstić information content (AvgIpc) is 3.32. The Bertz CT molecular complexity index is 807. The van der Waals surface area contributed by atoms with Gasteiger partial charge in [0.05, 0.1) is 25.0 Å². The Morgan fingerprint density at radius 3 is 2.96 bits per heavy atom. The summed E-state index contributed by atoms with van der Waals surface area (Å²) in [5.41, 5.74) is 0.693. The van der Waals surface area contributed by atoms with Gasteiger partial charge in [0.2, 0.25) is 11.7 Å². The van der Waals surface area contributed by atoms with Gasteiger partial charge in [-0.1, -0.05) is 17.3 Å². The van der Waals surface area contributed by atoms with Gasteiger partial charge >= 0.3 is 0 Å². The summed E-state index contributed by atoms with van der Waals surface area (Å²) in [6.07, 6.45) is 1.60. The summed E-state index contributed by atoms with van der Waals surface area (Å²) in [6, 6.07) is 8.29. The maximum Gasteiger partial charge on any atom is 0.293 e. The van der Waals surface area contributed by atoms with E-state index in [9.17, 15) is 9.59 Å². The number of nitrogens with zero attached hydrogens (tertiary/aromatic N) is 3. The molecule has 3 heterocycles. The van der Waals surface area contributed by atoms with E-state index < -0.39 is 6.04 Å². The first kappa shape index (κ1) is 16.6. The van der Waals surface area contributed by atoms with Crippen LogP contribution < -0.4 is 9.64 Å². The molecule has 26 heavy (non-hydrogen) atoms. The first-order valence-electron chi connectivity index (χ1n) is 8.46. The molecular formula is C18H19N3O5. The van der Waals surface area contributed by atoms with Crippen LogP contribution in [0.15, 0.2) is 41.1 Å². The molecule has 2 bridgehead atoms. The molecule has 0 aliphatic carbocycles. The highest BCUT2D eigenvalue weighted by molar-refractivity contribution is 6.03. The van der Waals surface area contributed by atoms with Crippen LogP contribution >= 0.6 is 0 Å². The number of benzene rings is 1. The molecule has 1 fully saturated rings. The summed E-state index contributed by atoms with van der Waals surface area (Å²) in [5.74, 6) is 0.246. The topological polar surface area (TPSA) is 85.1 Å². The number of ether oxygens (including phenoxy) is 2. The lowest BCUT2D eigenvalue weighted by Crippen LogP contribution is -2.49. The number of amides is 2. The third-order valence-corrected chi connectivity index (χ3v) is 4.69. The van der Waals surface area contributed by atoms with Crippen molar-refractivity contribution in [1.82, 2.24) is 10.1 Å². The predicted molar refractivity (Wildman–Crippen MR) is 91.0 cm³/mol. The van der Waals surface area contributed by atoms with E-state index in [0.717, 1.165) is 0 Å². The third-order valence-electron chi connectivity index (χ3n) is 4.69. The number of hydrogen-bond donors (Lipinski definition) is 0. The van der Waals surface area contributed by atoms with Crippen molar-refractivity contribution < 1.29 is 23.6 Å². The molecule has 2 unspecified atom stereocenters. The fraction of sp³-hybridized carbons (Fsp3) is 0.389. The lowest BCUT2D eigenvalue weighted by atomic mass is 10.1. The highest BCUT2D eigenvalue weighted by Crippen LogP contribution is 2.36. The molecular weight excluding hydrogens is 338 g/mol. The van der Waals surface area contributed by atoms with Crippen LogP contribution in [0.2, 0.25) is 0 Å². The molecule has 0 spiro atoms. The number of hydrogen-bond acceptors (Lipinski definition) is 6. The van der Waals surface area contributed by atoms with E-state index in [2.05, 4.69) is 5.16 Å². The quantitative estimate of drug-likeness (QED) is 0.821. The fourth-order valence-corrected chi connectivity index (χ4v) is 3.48. The van der Waals surface area contributed by atoms with Crippen LogP contribution in [-0.2, 0) is 9.53 Å². The van der Waals surface area contributed by atoms with E-state index in [-0.39, 0.29) is 23.7 Å². The molecule has 0 saturated carbocycles. The minimum absolute atomic E-state index is 0.114. The molecule has 2 aliphatic rings. The van der Waals surface area contributed by atoms with E-state index >= 15 is 0 Å². The smallest absolute Gasteiger partial charge is 0.293 e. The van der Waals surface area contributed by atoms with Crippen LogP contribution in [0.4, 0.5) is 5.69 Å². The molecule has 8 nitrogen and oxygen atoms in total. The third kappa shape index (κ3) is 2.82. The molecule has 8 heteroatoms. The number of carbonyl (C=O) groups is 2. The van der Waals surface area contributed by atoms with Crippen LogP contribution in [0.1, 0.15) is 17.0 Å². The normalized spacial score (nSPS) is 21.8. The molecule has 2 amide bonds. The molecule has 0 radical (unpaired) electrons. The Hall–Kier alpha value is -2.87. The van der Waals surface area contributed by atoms with Crippen molar-refractivity contribution in [3.63, 3.8) is 0 Å². The number of fused-ring (bicyclic) bond motifs is 3. The number of carbonyl (C=O) groups excluding carboxylic acids is 2. The second-order valence-electron chi connectivity index (χ2n) is 6.28. The summed E-state index contributed by atoms with van der Waals surface area (Å²) in [5, 5.41) is 3.58. The molecule has 2 aliphatic heterocycles. The van der Waals surface area contributed by atoms with Gasteiger partial charge in [-0.05, 0) is 12.1 Å². The Labute approximate surface area is 150 Å². The summed E-state index contributed by atoms with van der Waals surface area (Å²) in [4.78, 5) is 29.2. The zero-order valence-corrected chi connectivity index (χ0v) is 14.3. The van der Waals surface area contributed by atoms with Crippen molar-refractivity contribution in [2.75, 3.05) is 31.7 Å². The van der Waals surface area contributed by atoms with Crippen LogP contribution in [0.3, 0.4) is 0 Å². The largest absolute Gasteiger partial charge is 0.486 e. The maximum atomic E-state index is 13.3. The molecule has 1 aromatic heterocycles. The van der Waals surface area contributed by atoms with Gasteiger partial charge in [0.15, 0.2) is 0 Å². The van der Waals surface area contributed by atoms with Gasteiger partial charge in [-0.15, -0.1) is 0 Å². The molecule has 1 aromatic carbocycles. The van der Waals surface area contributed by atoms with Crippen molar-refractivity contribution >= 4 is 17.5 Å². The highest BCUT2D eigenvalue weighted by atomic mass is 16.5. The van der Waals surface area contributed by atoms with E-state index in [0.29, 0.717) is 37.6 Å². The summed E-state index contributed by atoms with van der Waals surface area (Å²) >= 11 is 0. The number of anilines is 1. The van der Waals surface area contributed by atoms with Crippen LogP contribution in [0, 0.1) is 0 Å².